The molecule has 26 heavy (non-hydrogen) atoms. The van der Waals surface area contributed by atoms with Gasteiger partial charge in [-0.2, -0.15) is 10.5 Å². The van der Waals surface area contributed by atoms with Crippen molar-refractivity contribution in [2.24, 2.45) is 7.05 Å². The summed E-state index contributed by atoms with van der Waals surface area (Å²) in [5, 5.41) is 28.0. The van der Waals surface area contributed by atoms with E-state index in [1.54, 1.807) is 47.0 Å². The first kappa shape index (κ1) is 17.8. The lowest BCUT2D eigenvalue weighted by Crippen LogP contribution is -2.04. The van der Waals surface area contributed by atoms with Crippen molar-refractivity contribution < 1.29 is 4.74 Å². The highest BCUT2D eigenvalue weighted by Gasteiger charge is 2.16. The largest absolute Gasteiger partial charge is 0.486 e. The molecule has 0 fully saturated rings. The second kappa shape index (κ2) is 7.92. The van der Waals surface area contributed by atoms with Gasteiger partial charge in [-0.25, -0.2) is 0 Å². The Bertz CT molecular complexity index is 985. The first-order valence-electron chi connectivity index (χ1n) is 7.50. The summed E-state index contributed by atoms with van der Waals surface area (Å²) in [5.41, 5.74) is 0.854. The summed E-state index contributed by atoms with van der Waals surface area (Å²) in [6.07, 6.45) is 0. The topological polar surface area (TPSA) is 87.5 Å². The molecule has 0 atom stereocenters. The van der Waals surface area contributed by atoms with Gasteiger partial charge < -0.3 is 9.30 Å². The van der Waals surface area contributed by atoms with Crippen LogP contribution in [0.3, 0.4) is 0 Å². The zero-order chi connectivity index (χ0) is 18.5. The van der Waals surface area contributed by atoms with Crippen molar-refractivity contribution in [2.75, 3.05) is 0 Å². The molecule has 0 saturated heterocycles. The molecule has 3 rings (SSSR count). The molecule has 128 valence electrons. The maximum atomic E-state index is 9.28. The predicted molar refractivity (Wildman–Crippen MR) is 96.8 cm³/mol. The molecule has 2 aromatic carbocycles. The van der Waals surface area contributed by atoms with Crippen LogP contribution in [0.2, 0.25) is 5.02 Å². The Morgan fingerprint density at radius 1 is 1.08 bits per heavy atom. The second-order valence-electron chi connectivity index (χ2n) is 5.21. The Labute approximate surface area is 159 Å². The average Bonchev–Trinajstić information content (AvgIpc) is 3.01. The van der Waals surface area contributed by atoms with Gasteiger partial charge >= 0.3 is 0 Å². The highest BCUT2D eigenvalue weighted by molar-refractivity contribution is 7.99. The summed E-state index contributed by atoms with van der Waals surface area (Å²) in [6.45, 7) is 0.233. The predicted octanol–water partition coefficient (Wildman–Crippen LogP) is 3.94. The van der Waals surface area contributed by atoms with Gasteiger partial charge in [0.1, 0.15) is 24.5 Å². The van der Waals surface area contributed by atoms with Crippen LogP contribution in [0.5, 0.6) is 5.75 Å². The van der Waals surface area contributed by atoms with Gasteiger partial charge in [0.05, 0.1) is 16.0 Å². The van der Waals surface area contributed by atoms with E-state index in [4.69, 9.17) is 16.3 Å². The van der Waals surface area contributed by atoms with Gasteiger partial charge in [0.15, 0.2) is 11.0 Å². The van der Waals surface area contributed by atoms with Crippen LogP contribution >= 0.6 is 23.4 Å². The number of rotatable bonds is 5. The third kappa shape index (κ3) is 3.80. The van der Waals surface area contributed by atoms with E-state index in [1.165, 1.54) is 11.8 Å². The quantitative estimate of drug-likeness (QED) is 0.665. The molecule has 0 radical (unpaired) electrons. The van der Waals surface area contributed by atoms with E-state index in [1.807, 2.05) is 7.05 Å². The van der Waals surface area contributed by atoms with E-state index in [0.717, 1.165) is 0 Å². The molecule has 6 nitrogen and oxygen atoms in total. The molecular weight excluding hydrogens is 370 g/mol. The molecule has 1 aromatic heterocycles. The minimum Gasteiger partial charge on any atom is -0.486 e. The number of halogens is 1. The molecule has 0 amide bonds. The van der Waals surface area contributed by atoms with E-state index in [2.05, 4.69) is 22.3 Å². The Morgan fingerprint density at radius 2 is 1.73 bits per heavy atom. The number of aromatic nitrogens is 3. The first-order valence-corrected chi connectivity index (χ1v) is 8.69. The van der Waals surface area contributed by atoms with Crippen molar-refractivity contribution in [3.05, 3.63) is 64.4 Å². The summed E-state index contributed by atoms with van der Waals surface area (Å²) in [5.74, 6) is 1.29. The van der Waals surface area contributed by atoms with Gasteiger partial charge in [0.25, 0.3) is 0 Å². The molecule has 0 aliphatic rings. The molecule has 0 aliphatic carbocycles. The highest BCUT2D eigenvalue weighted by Crippen LogP contribution is 2.32. The summed E-state index contributed by atoms with van der Waals surface area (Å²) in [7, 11) is 1.81. The van der Waals surface area contributed by atoms with Gasteiger partial charge in [0, 0.05) is 12.1 Å². The molecule has 0 saturated carbocycles. The average molecular weight is 382 g/mol. The van der Waals surface area contributed by atoms with Crippen molar-refractivity contribution in [1.29, 1.82) is 10.5 Å². The third-order valence-corrected chi connectivity index (χ3v) is 4.99. The molecule has 8 heteroatoms. The zero-order valence-corrected chi connectivity index (χ0v) is 15.3. The molecule has 3 aromatic rings. The van der Waals surface area contributed by atoms with Crippen LogP contribution in [0.1, 0.15) is 17.0 Å². The summed E-state index contributed by atoms with van der Waals surface area (Å²) >= 11 is 7.09. The summed E-state index contributed by atoms with van der Waals surface area (Å²) in [4.78, 5) is 0.568. The van der Waals surface area contributed by atoms with Crippen LogP contribution in [0, 0.1) is 22.7 Å². The van der Waals surface area contributed by atoms with Crippen LogP contribution in [-0.4, -0.2) is 14.8 Å². The minimum absolute atomic E-state index is 0.233. The standard InChI is InChI=1S/C18H12ClN5OS/c1-24-16(11-25-15-7-5-14(19)6-8-15)22-23-18(24)26-17-12(9-20)3-2-4-13(17)10-21/h2-8H,11H2,1H3. The zero-order valence-electron chi connectivity index (χ0n) is 13.7. The van der Waals surface area contributed by atoms with E-state index < -0.39 is 0 Å². The lowest BCUT2D eigenvalue weighted by Gasteiger charge is -2.08. The highest BCUT2D eigenvalue weighted by atomic mass is 35.5. The monoisotopic (exact) mass is 381 g/mol. The summed E-state index contributed by atoms with van der Waals surface area (Å²) in [6, 6.07) is 16.3. The Balaban J connectivity index is 1.79. The molecule has 1 heterocycles. The van der Waals surface area contributed by atoms with E-state index in [-0.39, 0.29) is 6.61 Å². The molecule has 0 aliphatic heterocycles. The molecule has 0 unspecified atom stereocenters. The fourth-order valence-electron chi connectivity index (χ4n) is 2.15. The van der Waals surface area contributed by atoms with Crippen molar-refractivity contribution in [3.63, 3.8) is 0 Å². The molecule has 0 spiro atoms. The molecule has 0 bridgehead atoms. The van der Waals surface area contributed by atoms with E-state index in [9.17, 15) is 10.5 Å². The number of hydrogen-bond acceptors (Lipinski definition) is 6. The fourth-order valence-corrected chi connectivity index (χ4v) is 3.23. The molecular formula is C18H12ClN5OS. The Kier molecular flexibility index (Phi) is 5.43. The number of ether oxygens (including phenoxy) is 1. The van der Waals surface area contributed by atoms with Crippen LogP contribution in [0.25, 0.3) is 0 Å². The van der Waals surface area contributed by atoms with E-state index in [0.29, 0.717) is 37.8 Å². The fraction of sp³-hybridized carbons (Fsp3) is 0.111. The smallest absolute Gasteiger partial charge is 0.195 e. The van der Waals surface area contributed by atoms with Gasteiger partial charge in [-0.3, -0.25) is 0 Å². The maximum absolute atomic E-state index is 9.28. The maximum Gasteiger partial charge on any atom is 0.195 e. The Hall–Kier alpha value is -3.00. The SMILES string of the molecule is Cn1c(COc2ccc(Cl)cc2)nnc1Sc1c(C#N)cccc1C#N. The summed E-state index contributed by atoms with van der Waals surface area (Å²) < 4.78 is 7.46. The normalized spacial score (nSPS) is 10.2. The number of hydrogen-bond donors (Lipinski definition) is 0. The lowest BCUT2D eigenvalue weighted by molar-refractivity contribution is 0.290. The van der Waals surface area contributed by atoms with Crippen LogP contribution in [-0.2, 0) is 13.7 Å². The third-order valence-electron chi connectivity index (χ3n) is 3.56. The first-order chi connectivity index (χ1) is 12.6. The second-order valence-corrected chi connectivity index (χ2v) is 6.62. The van der Waals surface area contributed by atoms with Gasteiger partial charge in [-0.1, -0.05) is 17.7 Å². The van der Waals surface area contributed by atoms with Crippen molar-refractivity contribution >= 4 is 23.4 Å². The van der Waals surface area contributed by atoms with Crippen molar-refractivity contribution in [2.45, 2.75) is 16.7 Å². The number of nitrogens with zero attached hydrogens (tertiary/aromatic N) is 5. The Morgan fingerprint density at radius 3 is 2.35 bits per heavy atom. The van der Waals surface area contributed by atoms with Gasteiger partial charge in [-0.15, -0.1) is 10.2 Å². The van der Waals surface area contributed by atoms with Crippen molar-refractivity contribution in [1.82, 2.24) is 14.8 Å². The van der Waals surface area contributed by atoms with E-state index >= 15 is 0 Å². The number of nitriles is 2. The van der Waals surface area contributed by atoms with Crippen LogP contribution < -0.4 is 4.74 Å². The van der Waals surface area contributed by atoms with Gasteiger partial charge in [0.2, 0.25) is 0 Å². The van der Waals surface area contributed by atoms with Gasteiger partial charge in [-0.05, 0) is 48.2 Å². The number of benzene rings is 2. The molecule has 0 N–H and O–H groups in total. The van der Waals surface area contributed by atoms with Crippen LogP contribution in [0.15, 0.2) is 52.5 Å². The van der Waals surface area contributed by atoms with Crippen LogP contribution in [0.4, 0.5) is 0 Å². The van der Waals surface area contributed by atoms with Crippen molar-refractivity contribution in [3.8, 4) is 17.9 Å². The lowest BCUT2D eigenvalue weighted by atomic mass is 10.1. The minimum atomic E-state index is 0.233.